The summed E-state index contributed by atoms with van der Waals surface area (Å²) in [5.74, 6) is -2.74. The minimum Gasteiger partial charge on any atom is -0.479 e. The number of hydrogen-bond acceptors (Lipinski definition) is 8. The summed E-state index contributed by atoms with van der Waals surface area (Å²) in [6, 6.07) is 4.73. The normalized spacial score (nSPS) is 20.9. The number of aliphatic hydroxyl groups excluding tert-OH is 2. The molecule has 3 heterocycles. The Hall–Kier alpha value is -3.02. The number of pyridine rings is 1. The first-order chi connectivity index (χ1) is 17.7. The molecular weight excluding hydrogens is 482 g/mol. The molecule has 1 aromatic heterocycles. The third-order valence-corrected chi connectivity index (χ3v) is 7.01. The fourth-order valence-electron chi connectivity index (χ4n) is 4.50. The number of carbonyl (C=O) groups is 3. The molecule has 37 heavy (non-hydrogen) atoms. The summed E-state index contributed by atoms with van der Waals surface area (Å²) in [4.78, 5) is 40.7. The van der Waals surface area contributed by atoms with Crippen molar-refractivity contribution in [3.63, 3.8) is 0 Å². The quantitative estimate of drug-likeness (QED) is 0.369. The van der Waals surface area contributed by atoms with Crippen LogP contribution in [-0.4, -0.2) is 104 Å². The van der Waals surface area contributed by atoms with Crippen molar-refractivity contribution in [2.75, 3.05) is 26.2 Å². The molecule has 0 unspecified atom stereocenters. The van der Waals surface area contributed by atoms with Gasteiger partial charge in [-0.15, -0.1) is 0 Å². The Kier molecular flexibility index (Phi) is 10.8. The van der Waals surface area contributed by atoms with Gasteiger partial charge in [0, 0.05) is 50.6 Å². The van der Waals surface area contributed by atoms with Crippen molar-refractivity contribution in [1.29, 1.82) is 0 Å². The predicted molar refractivity (Wildman–Crippen MR) is 134 cm³/mol. The SMILES string of the molecule is O=C(C=Cc1ccc(OC2CCN(C3CCC3)CC2)nc1)N1CCCCC1.O=C(O)[C@H](O)[C@@H](O)C(=O)O. The molecule has 204 valence electrons. The van der Waals surface area contributed by atoms with E-state index in [1.54, 1.807) is 12.3 Å². The number of amides is 1. The van der Waals surface area contributed by atoms with Crippen molar-refractivity contribution in [3.8, 4) is 5.88 Å². The van der Waals surface area contributed by atoms with Crippen molar-refractivity contribution in [1.82, 2.24) is 14.8 Å². The monoisotopic (exact) mass is 519 g/mol. The van der Waals surface area contributed by atoms with Crippen LogP contribution in [0.1, 0.15) is 56.9 Å². The van der Waals surface area contributed by atoms with Gasteiger partial charge in [-0.05, 0) is 62.7 Å². The molecule has 1 amide bonds. The van der Waals surface area contributed by atoms with Gasteiger partial charge in [0.15, 0.2) is 12.2 Å². The smallest absolute Gasteiger partial charge is 0.335 e. The Balaban J connectivity index is 0.000000325. The topological polar surface area (TPSA) is 161 Å². The molecule has 2 aliphatic heterocycles. The van der Waals surface area contributed by atoms with E-state index in [0.717, 1.165) is 63.5 Å². The van der Waals surface area contributed by atoms with Crippen LogP contribution in [0.15, 0.2) is 24.4 Å². The van der Waals surface area contributed by atoms with E-state index >= 15 is 0 Å². The van der Waals surface area contributed by atoms with Crippen molar-refractivity contribution < 1.29 is 39.5 Å². The van der Waals surface area contributed by atoms with E-state index in [2.05, 4.69) is 9.88 Å². The van der Waals surface area contributed by atoms with Crippen molar-refractivity contribution in [2.24, 2.45) is 0 Å². The standard InChI is InChI=1S/C22H31N3O2.C4H6O6/c26-22(25-13-2-1-3-14-25)10-8-18-7-9-21(23-17-18)27-20-11-15-24(16-12-20)19-5-4-6-19;5-1(3(7)8)2(6)4(9)10/h7-10,17,19-20H,1-6,11-16H2;1-2,5-6H,(H,7,8)(H,9,10)/t;1-,2-/m.1/s1. The molecule has 11 nitrogen and oxygen atoms in total. The third kappa shape index (κ3) is 8.80. The first-order valence-corrected chi connectivity index (χ1v) is 12.9. The zero-order valence-corrected chi connectivity index (χ0v) is 20.9. The summed E-state index contributed by atoms with van der Waals surface area (Å²) in [6.45, 7) is 4.06. The molecule has 1 saturated carbocycles. The highest BCUT2D eigenvalue weighted by Gasteiger charge is 2.30. The Morgan fingerprint density at radius 2 is 1.51 bits per heavy atom. The lowest BCUT2D eigenvalue weighted by atomic mass is 9.90. The molecule has 0 aromatic carbocycles. The van der Waals surface area contributed by atoms with E-state index in [0.29, 0.717) is 5.88 Å². The molecule has 4 N–H and O–H groups in total. The lowest BCUT2D eigenvalue weighted by molar-refractivity contribution is -0.165. The van der Waals surface area contributed by atoms with Crippen LogP contribution in [-0.2, 0) is 14.4 Å². The van der Waals surface area contributed by atoms with Crippen LogP contribution in [0.5, 0.6) is 5.88 Å². The average Bonchev–Trinajstić information content (AvgIpc) is 2.88. The predicted octanol–water partition coefficient (Wildman–Crippen LogP) is 1.38. The first-order valence-electron chi connectivity index (χ1n) is 12.9. The number of likely N-dealkylation sites (tertiary alicyclic amines) is 2. The Morgan fingerprint density at radius 1 is 0.892 bits per heavy atom. The van der Waals surface area contributed by atoms with Crippen molar-refractivity contribution >= 4 is 23.9 Å². The molecule has 0 radical (unpaired) electrons. The Bertz CT molecular complexity index is 902. The van der Waals surface area contributed by atoms with Gasteiger partial charge in [-0.3, -0.25) is 4.79 Å². The Morgan fingerprint density at radius 3 is 2.00 bits per heavy atom. The maximum Gasteiger partial charge on any atom is 0.335 e. The van der Waals surface area contributed by atoms with Gasteiger partial charge in [0.05, 0.1) is 0 Å². The molecule has 0 bridgehead atoms. The molecule has 3 fully saturated rings. The number of carboxylic acid groups (broad SMARTS) is 2. The highest BCUT2D eigenvalue weighted by Crippen LogP contribution is 2.28. The number of carboxylic acids is 2. The molecule has 3 aliphatic rings. The van der Waals surface area contributed by atoms with Crippen molar-refractivity contribution in [3.05, 3.63) is 30.0 Å². The summed E-state index contributed by atoms with van der Waals surface area (Å²) in [7, 11) is 0. The minimum absolute atomic E-state index is 0.105. The van der Waals surface area contributed by atoms with E-state index in [9.17, 15) is 14.4 Å². The van der Waals surface area contributed by atoms with Gasteiger partial charge in [-0.2, -0.15) is 0 Å². The summed E-state index contributed by atoms with van der Waals surface area (Å²) in [5.41, 5.74) is 0.938. The van der Waals surface area contributed by atoms with Crippen LogP contribution >= 0.6 is 0 Å². The number of rotatable bonds is 8. The highest BCUT2D eigenvalue weighted by atomic mass is 16.5. The van der Waals surface area contributed by atoms with Crippen LogP contribution in [0.25, 0.3) is 6.08 Å². The Labute approximate surface area is 216 Å². The number of ether oxygens (including phenoxy) is 1. The van der Waals surface area contributed by atoms with Crippen molar-refractivity contribution in [2.45, 2.75) is 75.7 Å². The number of aliphatic carboxylic acids is 2. The van der Waals surface area contributed by atoms with E-state index < -0.39 is 24.1 Å². The average molecular weight is 520 g/mol. The zero-order valence-electron chi connectivity index (χ0n) is 20.9. The largest absolute Gasteiger partial charge is 0.479 e. The van der Waals surface area contributed by atoms with Gasteiger partial charge in [-0.25, -0.2) is 14.6 Å². The molecular formula is C26H37N3O8. The molecule has 0 spiro atoms. The number of carbonyl (C=O) groups excluding carboxylic acids is 1. The van der Waals surface area contributed by atoms with Gasteiger partial charge < -0.3 is 35.0 Å². The zero-order chi connectivity index (χ0) is 26.8. The molecule has 1 aromatic rings. The first kappa shape index (κ1) is 28.5. The van der Waals surface area contributed by atoms with Crippen LogP contribution in [0.3, 0.4) is 0 Å². The second-order valence-electron chi connectivity index (χ2n) is 9.65. The van der Waals surface area contributed by atoms with Gasteiger partial charge in [-0.1, -0.05) is 6.42 Å². The number of hydrogen-bond donors (Lipinski definition) is 4. The van der Waals surface area contributed by atoms with Crippen LogP contribution in [0.2, 0.25) is 0 Å². The highest BCUT2D eigenvalue weighted by molar-refractivity contribution is 5.91. The fraction of sp³-hybridized carbons (Fsp3) is 0.615. The van der Waals surface area contributed by atoms with Crippen LogP contribution in [0.4, 0.5) is 0 Å². The molecule has 2 saturated heterocycles. The summed E-state index contributed by atoms with van der Waals surface area (Å²) < 4.78 is 6.07. The van der Waals surface area contributed by atoms with Crippen LogP contribution in [0, 0.1) is 0 Å². The van der Waals surface area contributed by atoms with Gasteiger partial charge in [0.1, 0.15) is 6.10 Å². The fourth-order valence-corrected chi connectivity index (χ4v) is 4.50. The van der Waals surface area contributed by atoms with E-state index in [1.165, 1.54) is 25.7 Å². The molecule has 4 rings (SSSR count). The second-order valence-corrected chi connectivity index (χ2v) is 9.65. The maximum absolute atomic E-state index is 12.2. The third-order valence-electron chi connectivity index (χ3n) is 7.01. The summed E-state index contributed by atoms with van der Waals surface area (Å²) in [5, 5.41) is 32.5. The number of aromatic nitrogens is 1. The molecule has 1 aliphatic carbocycles. The van der Waals surface area contributed by atoms with Gasteiger partial charge in [0.2, 0.25) is 11.8 Å². The van der Waals surface area contributed by atoms with Gasteiger partial charge in [0.25, 0.3) is 0 Å². The van der Waals surface area contributed by atoms with E-state index in [4.69, 9.17) is 25.2 Å². The number of aliphatic hydroxyl groups is 2. The maximum atomic E-state index is 12.2. The summed E-state index contributed by atoms with van der Waals surface area (Å²) in [6.07, 6.45) is 10.8. The lowest BCUT2D eigenvalue weighted by Gasteiger charge is -2.41. The van der Waals surface area contributed by atoms with E-state index in [-0.39, 0.29) is 12.0 Å². The van der Waals surface area contributed by atoms with Gasteiger partial charge >= 0.3 is 11.9 Å². The second kappa shape index (κ2) is 14.1. The molecule has 11 heteroatoms. The molecule has 2 atom stereocenters. The minimum atomic E-state index is -2.27. The van der Waals surface area contributed by atoms with E-state index in [1.807, 2.05) is 23.1 Å². The number of piperidine rings is 2. The number of nitrogens with zero attached hydrogens (tertiary/aromatic N) is 3. The summed E-state index contributed by atoms with van der Waals surface area (Å²) >= 11 is 0. The van der Waals surface area contributed by atoms with Crippen LogP contribution < -0.4 is 4.74 Å². The lowest BCUT2D eigenvalue weighted by Crippen LogP contribution is -2.46.